The van der Waals surface area contributed by atoms with Gasteiger partial charge in [-0.1, -0.05) is 24.3 Å². The van der Waals surface area contributed by atoms with E-state index in [4.69, 9.17) is 0 Å². The molecule has 0 aliphatic heterocycles. The summed E-state index contributed by atoms with van der Waals surface area (Å²) in [7, 11) is -3.16. The zero-order valence-corrected chi connectivity index (χ0v) is 12.9. The van der Waals surface area contributed by atoms with Gasteiger partial charge in [-0.15, -0.1) is 0 Å². The maximum Gasteiger partial charge on any atom is 0.315 e. The highest BCUT2D eigenvalue weighted by Crippen LogP contribution is 2.30. The SMILES string of the molecule is CS(=O)(=O)NCCCNC(=O)N[C@@H]1CCc2ccccc21. The van der Waals surface area contributed by atoms with Gasteiger partial charge in [-0.2, -0.15) is 0 Å². The summed E-state index contributed by atoms with van der Waals surface area (Å²) < 4.78 is 24.1. The zero-order chi connectivity index (χ0) is 15.3. The van der Waals surface area contributed by atoms with E-state index in [1.54, 1.807) is 0 Å². The van der Waals surface area contributed by atoms with Crippen molar-refractivity contribution in [2.24, 2.45) is 0 Å². The summed E-state index contributed by atoms with van der Waals surface area (Å²) in [6, 6.07) is 7.98. The normalized spacial score (nSPS) is 17.3. The van der Waals surface area contributed by atoms with Crippen molar-refractivity contribution in [3.8, 4) is 0 Å². The van der Waals surface area contributed by atoms with E-state index in [1.165, 1.54) is 11.1 Å². The molecule has 0 heterocycles. The molecule has 3 N–H and O–H groups in total. The summed E-state index contributed by atoms with van der Waals surface area (Å²) in [6.07, 6.45) is 3.58. The van der Waals surface area contributed by atoms with E-state index in [0.717, 1.165) is 19.1 Å². The lowest BCUT2D eigenvalue weighted by Gasteiger charge is -2.14. The van der Waals surface area contributed by atoms with Gasteiger partial charge in [0.1, 0.15) is 0 Å². The Hall–Kier alpha value is -1.60. The van der Waals surface area contributed by atoms with Crippen LogP contribution in [0.3, 0.4) is 0 Å². The number of carbonyl (C=O) groups is 1. The Morgan fingerprint density at radius 1 is 1.29 bits per heavy atom. The summed E-state index contributed by atoms with van der Waals surface area (Å²) >= 11 is 0. The Kier molecular flexibility index (Phi) is 5.19. The zero-order valence-electron chi connectivity index (χ0n) is 12.1. The fraction of sp³-hybridized carbons (Fsp3) is 0.500. The van der Waals surface area contributed by atoms with Gasteiger partial charge in [-0.3, -0.25) is 0 Å². The van der Waals surface area contributed by atoms with Crippen molar-refractivity contribution in [3.05, 3.63) is 35.4 Å². The first kappa shape index (κ1) is 15.8. The Labute approximate surface area is 125 Å². The second kappa shape index (κ2) is 6.91. The van der Waals surface area contributed by atoms with Crippen LogP contribution in [0.4, 0.5) is 4.79 Å². The number of fused-ring (bicyclic) bond motifs is 1. The van der Waals surface area contributed by atoms with Gasteiger partial charge in [0, 0.05) is 13.1 Å². The average Bonchev–Trinajstić information content (AvgIpc) is 2.81. The smallest absolute Gasteiger partial charge is 0.315 e. The van der Waals surface area contributed by atoms with Crippen molar-refractivity contribution < 1.29 is 13.2 Å². The lowest BCUT2D eigenvalue weighted by molar-refractivity contribution is 0.237. The van der Waals surface area contributed by atoms with Crippen molar-refractivity contribution in [2.75, 3.05) is 19.3 Å². The molecule has 2 rings (SSSR count). The average molecular weight is 311 g/mol. The maximum absolute atomic E-state index is 11.8. The molecule has 2 amide bonds. The number of hydrogen-bond donors (Lipinski definition) is 3. The fourth-order valence-electron chi connectivity index (χ4n) is 2.46. The molecule has 1 aromatic rings. The number of hydrogen-bond acceptors (Lipinski definition) is 3. The van der Waals surface area contributed by atoms with Gasteiger partial charge >= 0.3 is 6.03 Å². The highest BCUT2D eigenvalue weighted by molar-refractivity contribution is 7.88. The van der Waals surface area contributed by atoms with Crippen LogP contribution in [0.15, 0.2) is 24.3 Å². The van der Waals surface area contributed by atoms with Gasteiger partial charge in [0.2, 0.25) is 10.0 Å². The van der Waals surface area contributed by atoms with Crippen LogP contribution in [0.25, 0.3) is 0 Å². The highest BCUT2D eigenvalue weighted by atomic mass is 32.2. The molecular formula is C14H21N3O3S. The van der Waals surface area contributed by atoms with Crippen LogP contribution in [-0.4, -0.2) is 33.8 Å². The van der Waals surface area contributed by atoms with Gasteiger partial charge < -0.3 is 10.6 Å². The van der Waals surface area contributed by atoms with Crippen molar-refractivity contribution in [3.63, 3.8) is 0 Å². The van der Waals surface area contributed by atoms with Crippen molar-refractivity contribution in [1.29, 1.82) is 0 Å². The summed E-state index contributed by atoms with van der Waals surface area (Å²) in [5, 5.41) is 5.70. The molecule has 1 aliphatic carbocycles. The minimum Gasteiger partial charge on any atom is -0.338 e. The number of urea groups is 1. The molecule has 1 aromatic carbocycles. The number of aryl methyl sites for hydroxylation is 1. The van der Waals surface area contributed by atoms with Gasteiger partial charge in [-0.05, 0) is 30.4 Å². The third-order valence-electron chi connectivity index (χ3n) is 3.44. The highest BCUT2D eigenvalue weighted by Gasteiger charge is 2.22. The van der Waals surface area contributed by atoms with Crippen LogP contribution in [0.5, 0.6) is 0 Å². The van der Waals surface area contributed by atoms with Crippen molar-refractivity contribution in [2.45, 2.75) is 25.3 Å². The number of benzene rings is 1. The first-order valence-electron chi connectivity index (χ1n) is 7.02. The predicted octanol–water partition coefficient (Wildman–Crippen LogP) is 0.912. The molecule has 0 radical (unpaired) electrons. The third kappa shape index (κ3) is 5.02. The van der Waals surface area contributed by atoms with Crippen LogP contribution >= 0.6 is 0 Å². The molecule has 0 unspecified atom stereocenters. The molecule has 0 saturated carbocycles. The molecule has 21 heavy (non-hydrogen) atoms. The van der Waals surface area contributed by atoms with Crippen molar-refractivity contribution >= 4 is 16.1 Å². The molecule has 0 fully saturated rings. The fourth-order valence-corrected chi connectivity index (χ4v) is 2.98. The molecule has 6 nitrogen and oxygen atoms in total. The quantitative estimate of drug-likeness (QED) is 0.683. The van der Waals surface area contributed by atoms with E-state index in [-0.39, 0.29) is 12.1 Å². The van der Waals surface area contributed by atoms with Gasteiger partial charge in [0.25, 0.3) is 0 Å². The maximum atomic E-state index is 11.8. The van der Waals surface area contributed by atoms with E-state index in [1.807, 2.05) is 18.2 Å². The van der Waals surface area contributed by atoms with E-state index in [2.05, 4.69) is 21.4 Å². The number of nitrogens with one attached hydrogen (secondary N) is 3. The molecule has 116 valence electrons. The molecule has 0 aromatic heterocycles. The van der Waals surface area contributed by atoms with Crippen molar-refractivity contribution in [1.82, 2.24) is 15.4 Å². The second-order valence-corrected chi connectivity index (χ2v) is 7.04. The first-order chi connectivity index (χ1) is 9.96. The van der Waals surface area contributed by atoms with Gasteiger partial charge in [0.05, 0.1) is 12.3 Å². The van der Waals surface area contributed by atoms with Crippen LogP contribution in [0.1, 0.15) is 30.0 Å². The van der Waals surface area contributed by atoms with Gasteiger partial charge in [0.15, 0.2) is 0 Å². The Balaban J connectivity index is 1.69. The summed E-state index contributed by atoms with van der Waals surface area (Å²) in [5.74, 6) is 0. The Morgan fingerprint density at radius 3 is 2.81 bits per heavy atom. The number of rotatable bonds is 6. The topological polar surface area (TPSA) is 87.3 Å². The lowest BCUT2D eigenvalue weighted by Crippen LogP contribution is -2.38. The van der Waals surface area contributed by atoms with Crippen LogP contribution in [0, 0.1) is 0 Å². The first-order valence-corrected chi connectivity index (χ1v) is 8.91. The van der Waals surface area contributed by atoms with E-state index >= 15 is 0 Å². The summed E-state index contributed by atoms with van der Waals surface area (Å²) in [5.41, 5.74) is 2.48. The Morgan fingerprint density at radius 2 is 2.05 bits per heavy atom. The number of amides is 2. The molecule has 0 saturated heterocycles. The molecule has 0 spiro atoms. The van der Waals surface area contributed by atoms with Crippen LogP contribution in [0.2, 0.25) is 0 Å². The third-order valence-corrected chi connectivity index (χ3v) is 4.17. The molecule has 1 aliphatic rings. The van der Waals surface area contributed by atoms with Gasteiger partial charge in [-0.25, -0.2) is 17.9 Å². The van der Waals surface area contributed by atoms with Crippen LogP contribution in [-0.2, 0) is 16.4 Å². The van der Waals surface area contributed by atoms with E-state index in [0.29, 0.717) is 19.5 Å². The standard InChI is InChI=1S/C14H21N3O3S/c1-21(19,20)16-10-4-9-15-14(18)17-13-8-7-11-5-2-3-6-12(11)13/h2-3,5-6,13,16H,4,7-10H2,1H3,(H2,15,17,18)/t13-/m1/s1. The monoisotopic (exact) mass is 311 g/mol. The minimum atomic E-state index is -3.16. The minimum absolute atomic E-state index is 0.0651. The molecule has 0 bridgehead atoms. The Bertz CT molecular complexity index is 601. The molecule has 1 atom stereocenters. The number of carbonyl (C=O) groups excluding carboxylic acids is 1. The summed E-state index contributed by atoms with van der Waals surface area (Å²) in [6.45, 7) is 0.758. The summed E-state index contributed by atoms with van der Waals surface area (Å²) in [4.78, 5) is 11.8. The van der Waals surface area contributed by atoms with E-state index in [9.17, 15) is 13.2 Å². The van der Waals surface area contributed by atoms with E-state index < -0.39 is 10.0 Å². The largest absolute Gasteiger partial charge is 0.338 e. The number of sulfonamides is 1. The van der Waals surface area contributed by atoms with Crippen LogP contribution < -0.4 is 15.4 Å². The molecule has 7 heteroatoms. The second-order valence-electron chi connectivity index (χ2n) is 5.21. The lowest BCUT2D eigenvalue weighted by atomic mass is 10.1. The predicted molar refractivity (Wildman–Crippen MR) is 81.5 cm³/mol. The molecular weight excluding hydrogens is 290 g/mol.